The first-order valence-corrected chi connectivity index (χ1v) is 7.74. The van der Waals surface area contributed by atoms with Gasteiger partial charge < -0.3 is 15.4 Å². The molecule has 2 amide bonds. The van der Waals surface area contributed by atoms with E-state index in [9.17, 15) is 9.59 Å². The number of nitriles is 1. The number of nitrogens with zero attached hydrogens (tertiary/aromatic N) is 2. The van der Waals surface area contributed by atoms with Gasteiger partial charge in [-0.2, -0.15) is 5.26 Å². The molecule has 1 aromatic carbocycles. The average molecular weight is 338 g/mol. The van der Waals surface area contributed by atoms with Gasteiger partial charge in [-0.05, 0) is 43.3 Å². The molecule has 1 unspecified atom stereocenters. The smallest absolute Gasteiger partial charge is 0.260 e. The summed E-state index contributed by atoms with van der Waals surface area (Å²) in [6, 6.07) is 13.7. The number of hydrogen-bond donors (Lipinski definition) is 2. The van der Waals surface area contributed by atoms with Crippen LogP contribution in [0.1, 0.15) is 18.9 Å². The van der Waals surface area contributed by atoms with Crippen molar-refractivity contribution < 1.29 is 14.3 Å². The Balaban J connectivity index is 1.71. The highest BCUT2D eigenvalue weighted by Crippen LogP contribution is 2.13. The van der Waals surface area contributed by atoms with E-state index < -0.39 is 6.10 Å². The Morgan fingerprint density at radius 3 is 2.64 bits per heavy atom. The first-order chi connectivity index (χ1) is 12.1. The van der Waals surface area contributed by atoms with Crippen LogP contribution in [-0.4, -0.2) is 29.4 Å². The molecule has 25 heavy (non-hydrogen) atoms. The number of rotatable bonds is 7. The molecule has 0 spiro atoms. The van der Waals surface area contributed by atoms with Crippen molar-refractivity contribution in [3.63, 3.8) is 0 Å². The summed E-state index contributed by atoms with van der Waals surface area (Å²) in [7, 11) is 0. The van der Waals surface area contributed by atoms with Crippen molar-refractivity contribution in [2.75, 3.05) is 11.9 Å². The van der Waals surface area contributed by atoms with Crippen molar-refractivity contribution >= 4 is 17.6 Å². The van der Waals surface area contributed by atoms with Crippen LogP contribution in [0.25, 0.3) is 0 Å². The second kappa shape index (κ2) is 9.03. The van der Waals surface area contributed by atoms with Crippen LogP contribution in [0.5, 0.6) is 5.75 Å². The molecule has 1 atom stereocenters. The van der Waals surface area contributed by atoms with E-state index in [-0.39, 0.29) is 24.8 Å². The molecule has 1 aromatic heterocycles. The molecule has 128 valence electrons. The maximum absolute atomic E-state index is 12.0. The second-order valence-corrected chi connectivity index (χ2v) is 5.20. The lowest BCUT2D eigenvalue weighted by molar-refractivity contribution is -0.127. The largest absolute Gasteiger partial charge is 0.481 e. The van der Waals surface area contributed by atoms with Crippen molar-refractivity contribution in [1.29, 1.82) is 5.26 Å². The summed E-state index contributed by atoms with van der Waals surface area (Å²) in [5.74, 6) is 0.403. The highest BCUT2D eigenvalue weighted by molar-refractivity contribution is 5.90. The van der Waals surface area contributed by atoms with Crippen LogP contribution in [0.15, 0.2) is 48.7 Å². The number of hydrogen-bond acceptors (Lipinski definition) is 5. The molecule has 0 aliphatic carbocycles. The van der Waals surface area contributed by atoms with Crippen LogP contribution in [0, 0.1) is 11.3 Å². The molecule has 0 aliphatic heterocycles. The molecule has 0 fully saturated rings. The first-order valence-electron chi connectivity index (χ1n) is 7.74. The van der Waals surface area contributed by atoms with Gasteiger partial charge in [0.15, 0.2) is 6.10 Å². The number of nitrogens with one attached hydrogen (secondary N) is 2. The number of carbonyl (C=O) groups excluding carboxylic acids is 2. The zero-order valence-electron chi connectivity index (χ0n) is 13.7. The molecule has 0 radical (unpaired) electrons. The van der Waals surface area contributed by atoms with Crippen LogP contribution in [0.2, 0.25) is 0 Å². The Morgan fingerprint density at radius 2 is 2.00 bits per heavy atom. The normalized spacial score (nSPS) is 11.0. The molecule has 7 nitrogen and oxygen atoms in total. The fraction of sp³-hybridized carbons (Fsp3) is 0.222. The summed E-state index contributed by atoms with van der Waals surface area (Å²) < 4.78 is 5.50. The molecule has 0 aliphatic rings. The third-order valence-electron chi connectivity index (χ3n) is 3.25. The summed E-state index contributed by atoms with van der Waals surface area (Å²) in [5.41, 5.74) is 0.517. The molecule has 1 heterocycles. The van der Waals surface area contributed by atoms with Crippen molar-refractivity contribution in [2.24, 2.45) is 0 Å². The van der Waals surface area contributed by atoms with Crippen molar-refractivity contribution in [1.82, 2.24) is 10.3 Å². The lowest BCUT2D eigenvalue weighted by Gasteiger charge is -2.14. The minimum Gasteiger partial charge on any atom is -0.481 e. The van der Waals surface area contributed by atoms with E-state index in [1.54, 1.807) is 55.6 Å². The molecular weight excluding hydrogens is 320 g/mol. The SMILES string of the molecule is CC(Oc1ccc(C#N)cc1)C(=O)NCCC(=O)Nc1ccccn1. The summed E-state index contributed by atoms with van der Waals surface area (Å²) >= 11 is 0. The predicted molar refractivity (Wildman–Crippen MR) is 91.7 cm³/mol. The van der Waals surface area contributed by atoms with Crippen LogP contribution in [0.4, 0.5) is 5.82 Å². The number of benzene rings is 1. The van der Waals surface area contributed by atoms with E-state index in [0.717, 1.165) is 0 Å². The van der Waals surface area contributed by atoms with E-state index >= 15 is 0 Å². The van der Waals surface area contributed by atoms with Gasteiger partial charge in [0.25, 0.3) is 5.91 Å². The van der Waals surface area contributed by atoms with Gasteiger partial charge >= 0.3 is 0 Å². The Hall–Kier alpha value is -3.40. The number of pyridine rings is 1. The Kier molecular flexibility index (Phi) is 6.48. The lowest BCUT2D eigenvalue weighted by atomic mass is 10.2. The predicted octanol–water partition coefficient (Wildman–Crippen LogP) is 1.87. The number of amides is 2. The van der Waals surface area contributed by atoms with Gasteiger partial charge in [-0.25, -0.2) is 4.98 Å². The Morgan fingerprint density at radius 1 is 1.24 bits per heavy atom. The van der Waals surface area contributed by atoms with Crippen LogP contribution >= 0.6 is 0 Å². The van der Waals surface area contributed by atoms with E-state index in [0.29, 0.717) is 17.1 Å². The minimum atomic E-state index is -0.716. The zero-order chi connectivity index (χ0) is 18.1. The standard InChI is InChI=1S/C18H18N4O3/c1-13(25-15-7-5-14(12-19)6-8-15)18(24)21-11-9-17(23)22-16-4-2-3-10-20-16/h2-8,10,13H,9,11H2,1H3,(H,21,24)(H,20,22,23). The monoisotopic (exact) mass is 338 g/mol. The van der Waals surface area contributed by atoms with Gasteiger partial charge in [0.05, 0.1) is 11.6 Å². The number of anilines is 1. The Labute approximate surface area is 145 Å². The van der Waals surface area contributed by atoms with E-state index in [1.807, 2.05) is 6.07 Å². The molecule has 2 rings (SSSR count). The molecular formula is C18H18N4O3. The van der Waals surface area contributed by atoms with E-state index in [2.05, 4.69) is 15.6 Å². The van der Waals surface area contributed by atoms with Gasteiger partial charge in [0.2, 0.25) is 5.91 Å². The average Bonchev–Trinajstić information content (AvgIpc) is 2.63. The third kappa shape index (κ3) is 5.95. The maximum Gasteiger partial charge on any atom is 0.260 e. The van der Waals surface area contributed by atoms with E-state index in [1.165, 1.54) is 0 Å². The van der Waals surface area contributed by atoms with Crippen molar-refractivity contribution in [3.8, 4) is 11.8 Å². The molecule has 0 saturated heterocycles. The van der Waals surface area contributed by atoms with Crippen LogP contribution < -0.4 is 15.4 Å². The quantitative estimate of drug-likeness (QED) is 0.802. The summed E-state index contributed by atoms with van der Waals surface area (Å²) in [6.45, 7) is 1.81. The summed E-state index contributed by atoms with van der Waals surface area (Å²) in [6.07, 6.45) is 0.998. The summed E-state index contributed by atoms with van der Waals surface area (Å²) in [5, 5.41) is 14.0. The number of carbonyl (C=O) groups is 2. The summed E-state index contributed by atoms with van der Waals surface area (Å²) in [4.78, 5) is 27.7. The van der Waals surface area contributed by atoms with Gasteiger partial charge in [-0.1, -0.05) is 6.07 Å². The van der Waals surface area contributed by atoms with Gasteiger partial charge in [-0.3, -0.25) is 9.59 Å². The van der Waals surface area contributed by atoms with Gasteiger partial charge in [-0.15, -0.1) is 0 Å². The first kappa shape index (κ1) is 17.9. The van der Waals surface area contributed by atoms with Crippen molar-refractivity contribution in [2.45, 2.75) is 19.4 Å². The third-order valence-corrected chi connectivity index (χ3v) is 3.25. The number of ether oxygens (including phenoxy) is 1. The van der Waals surface area contributed by atoms with Crippen LogP contribution in [0.3, 0.4) is 0 Å². The van der Waals surface area contributed by atoms with Crippen molar-refractivity contribution in [3.05, 3.63) is 54.2 Å². The molecule has 0 bridgehead atoms. The lowest BCUT2D eigenvalue weighted by Crippen LogP contribution is -2.37. The zero-order valence-corrected chi connectivity index (χ0v) is 13.7. The van der Waals surface area contributed by atoms with Crippen LogP contribution in [-0.2, 0) is 9.59 Å². The highest BCUT2D eigenvalue weighted by Gasteiger charge is 2.14. The minimum absolute atomic E-state index is 0.131. The molecule has 0 saturated carbocycles. The highest BCUT2D eigenvalue weighted by atomic mass is 16.5. The second-order valence-electron chi connectivity index (χ2n) is 5.20. The van der Waals surface area contributed by atoms with Gasteiger partial charge in [0, 0.05) is 19.2 Å². The van der Waals surface area contributed by atoms with E-state index in [4.69, 9.17) is 10.00 Å². The van der Waals surface area contributed by atoms with Gasteiger partial charge in [0.1, 0.15) is 11.6 Å². The molecule has 7 heteroatoms. The topological polar surface area (TPSA) is 104 Å². The molecule has 2 N–H and O–H groups in total. The maximum atomic E-state index is 12.0. The molecule has 2 aromatic rings. The number of aromatic nitrogens is 1. The Bertz CT molecular complexity index is 754. The fourth-order valence-corrected chi connectivity index (χ4v) is 1.95. The fourth-order valence-electron chi connectivity index (χ4n) is 1.95.